The predicted molar refractivity (Wildman–Crippen MR) is 93.7 cm³/mol. The summed E-state index contributed by atoms with van der Waals surface area (Å²) in [6.07, 6.45) is 0.663. The number of hydrogen-bond acceptors (Lipinski definition) is 3. The van der Waals surface area contributed by atoms with Crippen LogP contribution in [0, 0.1) is 0 Å². The third-order valence-electron chi connectivity index (χ3n) is 4.63. The van der Waals surface area contributed by atoms with Crippen LogP contribution < -0.4 is 5.32 Å². The Balaban J connectivity index is 1.81. The van der Waals surface area contributed by atoms with Crippen LogP contribution in [0.15, 0.2) is 34.1 Å². The zero-order valence-electron chi connectivity index (χ0n) is 14.2. The maximum atomic E-state index is 12.8. The van der Waals surface area contributed by atoms with Crippen molar-refractivity contribution in [3.63, 3.8) is 0 Å². The third-order valence-corrected chi connectivity index (χ3v) is 5.73. The molecule has 1 atom stereocenters. The first-order valence-electron chi connectivity index (χ1n) is 8.52. The molecule has 2 heterocycles. The van der Waals surface area contributed by atoms with Gasteiger partial charge in [0.05, 0.1) is 16.2 Å². The maximum Gasteiger partial charge on any atom is 0.416 e. The molecule has 0 aromatic heterocycles. The second kappa shape index (κ2) is 7.34. The third kappa shape index (κ3) is 3.90. The van der Waals surface area contributed by atoms with Crippen molar-refractivity contribution in [3.05, 3.63) is 34.7 Å². The number of thioether (sulfide) groups is 1. The number of rotatable bonds is 2. The number of anilines is 1. The second-order valence-corrected chi connectivity index (χ2v) is 7.45. The highest BCUT2D eigenvalue weighted by Gasteiger charge is 2.33. The Morgan fingerprint density at radius 3 is 2.85 bits per heavy atom. The molecular weight excluding hydrogens is 365 g/mol. The Kier molecular flexibility index (Phi) is 5.32. The number of fused-ring (bicyclic) bond motifs is 1. The Morgan fingerprint density at radius 2 is 2.15 bits per heavy atom. The van der Waals surface area contributed by atoms with Gasteiger partial charge in [-0.2, -0.15) is 13.2 Å². The summed E-state index contributed by atoms with van der Waals surface area (Å²) in [7, 11) is 0. The number of nitrogens with one attached hydrogen (secondary N) is 1. The zero-order valence-corrected chi connectivity index (χ0v) is 15.0. The van der Waals surface area contributed by atoms with Gasteiger partial charge in [0.25, 0.3) is 5.91 Å². The number of hydrogen-bond donors (Lipinski definition) is 1. The second-order valence-electron chi connectivity index (χ2n) is 6.36. The van der Waals surface area contributed by atoms with E-state index in [1.807, 2.05) is 6.92 Å². The molecule has 26 heavy (non-hydrogen) atoms. The molecule has 1 saturated heterocycles. The molecule has 0 bridgehead atoms. The fraction of sp³-hybridized carbons (Fsp3) is 0.444. The highest BCUT2D eigenvalue weighted by molar-refractivity contribution is 8.04. The van der Waals surface area contributed by atoms with Crippen molar-refractivity contribution in [3.8, 4) is 0 Å². The fourth-order valence-electron chi connectivity index (χ4n) is 3.25. The number of carbonyl (C=O) groups excluding carboxylic acids is 2. The summed E-state index contributed by atoms with van der Waals surface area (Å²) in [4.78, 5) is 27.3. The van der Waals surface area contributed by atoms with E-state index in [1.54, 1.807) is 4.90 Å². The van der Waals surface area contributed by atoms with Crippen LogP contribution in [0.25, 0.3) is 0 Å². The molecule has 0 radical (unpaired) electrons. The van der Waals surface area contributed by atoms with Gasteiger partial charge in [0.1, 0.15) is 0 Å². The lowest BCUT2D eigenvalue weighted by molar-refractivity contribution is -0.137. The number of amides is 2. The molecule has 4 nitrogen and oxygen atoms in total. The predicted octanol–water partition coefficient (Wildman–Crippen LogP) is 4.42. The Labute approximate surface area is 153 Å². The number of benzene rings is 1. The van der Waals surface area contributed by atoms with E-state index in [9.17, 15) is 22.8 Å². The molecule has 0 unspecified atom stereocenters. The number of piperidine rings is 1. The smallest absolute Gasteiger partial charge is 0.336 e. The summed E-state index contributed by atoms with van der Waals surface area (Å²) >= 11 is 1.02. The van der Waals surface area contributed by atoms with E-state index in [-0.39, 0.29) is 22.5 Å². The van der Waals surface area contributed by atoms with Crippen LogP contribution in [0.1, 0.15) is 38.2 Å². The van der Waals surface area contributed by atoms with Gasteiger partial charge in [0.2, 0.25) is 5.91 Å². The van der Waals surface area contributed by atoms with Crippen LogP contribution in [0.2, 0.25) is 0 Å². The van der Waals surface area contributed by atoms with Gasteiger partial charge in [-0.15, -0.1) is 0 Å². The molecule has 2 amide bonds. The van der Waals surface area contributed by atoms with Crippen LogP contribution >= 0.6 is 11.8 Å². The van der Waals surface area contributed by atoms with Crippen LogP contribution in [0.4, 0.5) is 18.9 Å². The average molecular weight is 384 g/mol. The summed E-state index contributed by atoms with van der Waals surface area (Å²) in [5.41, 5.74) is -0.705. The number of carbonyl (C=O) groups is 2. The number of nitrogens with zero attached hydrogens (tertiary/aromatic N) is 1. The van der Waals surface area contributed by atoms with E-state index in [4.69, 9.17) is 0 Å². The molecule has 8 heteroatoms. The molecule has 0 saturated carbocycles. The van der Waals surface area contributed by atoms with Crippen molar-refractivity contribution in [2.24, 2.45) is 0 Å². The molecule has 1 N–H and O–H groups in total. The molecule has 1 aromatic carbocycles. The molecule has 3 rings (SSSR count). The summed E-state index contributed by atoms with van der Waals surface area (Å²) < 4.78 is 38.4. The minimum Gasteiger partial charge on any atom is -0.336 e. The SMILES string of the molecule is CC[C@@H]1CCCCN1C(=O)/C=C1\Sc2ccc(C(F)(F)F)cc2NC1=O. The number of likely N-dealkylation sites (tertiary alicyclic amines) is 1. The van der Waals surface area contributed by atoms with Crippen LogP contribution in [0.3, 0.4) is 0 Å². The molecule has 2 aliphatic rings. The van der Waals surface area contributed by atoms with Crippen molar-refractivity contribution < 1.29 is 22.8 Å². The van der Waals surface area contributed by atoms with Gasteiger partial charge < -0.3 is 10.2 Å². The van der Waals surface area contributed by atoms with E-state index in [2.05, 4.69) is 5.32 Å². The van der Waals surface area contributed by atoms with Gasteiger partial charge in [-0.05, 0) is 43.9 Å². The molecule has 0 aliphatic carbocycles. The highest BCUT2D eigenvalue weighted by Crippen LogP contribution is 2.41. The van der Waals surface area contributed by atoms with Gasteiger partial charge in [0, 0.05) is 23.6 Å². The first-order chi connectivity index (χ1) is 12.3. The quantitative estimate of drug-likeness (QED) is 0.768. The summed E-state index contributed by atoms with van der Waals surface area (Å²) in [5, 5.41) is 2.46. The van der Waals surface area contributed by atoms with Crippen LogP contribution in [0.5, 0.6) is 0 Å². The van der Waals surface area contributed by atoms with Gasteiger partial charge in [-0.25, -0.2) is 0 Å². The van der Waals surface area contributed by atoms with E-state index < -0.39 is 17.6 Å². The Morgan fingerprint density at radius 1 is 1.38 bits per heavy atom. The molecule has 0 spiro atoms. The Hall–Kier alpha value is -1.96. The minimum absolute atomic E-state index is 0.115. The number of alkyl halides is 3. The fourth-order valence-corrected chi connectivity index (χ4v) is 4.14. The van der Waals surface area contributed by atoms with Gasteiger partial charge in [-0.1, -0.05) is 18.7 Å². The van der Waals surface area contributed by atoms with Crippen LogP contribution in [-0.2, 0) is 15.8 Å². The van der Waals surface area contributed by atoms with Gasteiger partial charge in [-0.3, -0.25) is 9.59 Å². The summed E-state index contributed by atoms with van der Waals surface area (Å²) in [6, 6.07) is 3.37. The molecule has 1 aromatic rings. The van der Waals surface area contributed by atoms with E-state index in [0.717, 1.165) is 49.6 Å². The molecule has 140 valence electrons. The molecule has 1 fully saturated rings. The average Bonchev–Trinajstić information content (AvgIpc) is 2.61. The monoisotopic (exact) mass is 384 g/mol. The van der Waals surface area contributed by atoms with E-state index in [1.165, 1.54) is 12.1 Å². The number of halogens is 3. The zero-order chi connectivity index (χ0) is 18.9. The van der Waals surface area contributed by atoms with Crippen LogP contribution in [-0.4, -0.2) is 29.3 Å². The van der Waals surface area contributed by atoms with Crippen molar-refractivity contribution in [1.82, 2.24) is 4.90 Å². The summed E-state index contributed by atoms with van der Waals surface area (Å²) in [6.45, 7) is 2.69. The molecular formula is C18H19F3N2O2S. The lowest BCUT2D eigenvalue weighted by Gasteiger charge is -2.34. The first-order valence-corrected chi connectivity index (χ1v) is 9.34. The minimum atomic E-state index is -4.47. The van der Waals surface area contributed by atoms with Gasteiger partial charge in [0.15, 0.2) is 0 Å². The van der Waals surface area contributed by atoms with Crippen molar-refractivity contribution >= 4 is 29.3 Å². The van der Waals surface area contributed by atoms with Crippen molar-refractivity contribution in [1.29, 1.82) is 0 Å². The van der Waals surface area contributed by atoms with Gasteiger partial charge >= 0.3 is 6.18 Å². The lowest BCUT2D eigenvalue weighted by atomic mass is 10.00. The maximum absolute atomic E-state index is 12.8. The lowest BCUT2D eigenvalue weighted by Crippen LogP contribution is -2.42. The normalized spacial score (nSPS) is 22.2. The molecule has 2 aliphatic heterocycles. The van der Waals surface area contributed by atoms with Crippen molar-refractivity contribution in [2.45, 2.75) is 49.7 Å². The first kappa shape index (κ1) is 18.8. The Bertz CT molecular complexity index is 761. The highest BCUT2D eigenvalue weighted by atomic mass is 32.2. The standard InChI is InChI=1S/C18H19F3N2O2S/c1-2-12-5-3-4-8-23(12)16(24)10-15-17(25)22-13-9-11(18(19,20)21)6-7-14(13)26-15/h6-7,9-10,12H,2-5,8H2,1H3,(H,22,25)/b15-10-/t12-/m1/s1. The van der Waals surface area contributed by atoms with Crippen molar-refractivity contribution in [2.75, 3.05) is 11.9 Å². The van der Waals surface area contributed by atoms with E-state index in [0.29, 0.717) is 11.4 Å². The van der Waals surface area contributed by atoms with E-state index >= 15 is 0 Å². The summed E-state index contributed by atoms with van der Waals surface area (Å²) in [5.74, 6) is -0.773. The largest absolute Gasteiger partial charge is 0.416 e. The topological polar surface area (TPSA) is 49.4 Å².